The van der Waals surface area contributed by atoms with Gasteiger partial charge in [-0.1, -0.05) is 6.92 Å². The van der Waals surface area contributed by atoms with Crippen LogP contribution in [0.5, 0.6) is 5.75 Å². The Labute approximate surface area is 172 Å². The van der Waals surface area contributed by atoms with E-state index in [4.69, 9.17) is 10.8 Å². The largest absolute Gasteiger partial charge is 0.511 e. The van der Waals surface area contributed by atoms with E-state index in [9.17, 15) is 14.7 Å². The number of nitrogens with two attached hydrogens (primary N) is 1. The Kier molecular flexibility index (Phi) is 5.19. The molecule has 1 aliphatic heterocycles. The molecule has 1 aliphatic carbocycles. The van der Waals surface area contributed by atoms with Crippen molar-refractivity contribution < 1.29 is 24.1 Å². The van der Waals surface area contributed by atoms with Crippen LogP contribution in [0.2, 0.25) is 0 Å². The van der Waals surface area contributed by atoms with E-state index in [0.29, 0.717) is 31.3 Å². The maximum Gasteiger partial charge on any atom is 0.511 e. The molecular weight excluding hydrogens is 393 g/mol. The molecule has 0 radical (unpaired) electrons. The van der Waals surface area contributed by atoms with Gasteiger partial charge in [-0.15, -0.1) is 0 Å². The highest BCUT2D eigenvalue weighted by molar-refractivity contribution is 5.85. The zero-order valence-corrected chi connectivity index (χ0v) is 16.8. The van der Waals surface area contributed by atoms with E-state index in [1.54, 1.807) is 15.5 Å². The van der Waals surface area contributed by atoms with Crippen LogP contribution < -0.4 is 20.8 Å². The normalized spacial score (nSPS) is 24.3. The minimum absolute atomic E-state index is 0.0639. The maximum atomic E-state index is 15.2. The molecule has 30 heavy (non-hydrogen) atoms. The number of ether oxygens (including phenoxy) is 1. The molecule has 2 unspecified atom stereocenters. The highest BCUT2D eigenvalue weighted by atomic mass is 19.1. The summed E-state index contributed by atoms with van der Waals surface area (Å²) in [6.07, 6.45) is 3.34. The number of anilines is 1. The summed E-state index contributed by atoms with van der Waals surface area (Å²) in [4.78, 5) is 25.5. The number of carboxylic acid groups (broad SMARTS) is 1. The molecule has 162 valence electrons. The molecule has 1 saturated heterocycles. The molecule has 1 saturated carbocycles. The van der Waals surface area contributed by atoms with E-state index >= 15 is 4.39 Å². The predicted octanol–water partition coefficient (Wildman–Crippen LogP) is 2.60. The standard InChI is InChI=1S/C21H26FN3O5/c1-2-21(29)6-3-7-24(18(21)10-23)16-9-15-13(8-14(16)22)19(26)17(30-20(27)28)11-25(15)12-4-5-12/h8-9,11-12,18,29H,2-7,10,23H2,1H3,(H,27,28). The Bertz CT molecular complexity index is 1050. The Hall–Kier alpha value is -2.65. The molecule has 4 N–H and O–H groups in total. The van der Waals surface area contributed by atoms with E-state index in [2.05, 4.69) is 4.74 Å². The quantitative estimate of drug-likeness (QED) is 0.638. The lowest BCUT2D eigenvalue weighted by atomic mass is 9.82. The van der Waals surface area contributed by atoms with Crippen molar-refractivity contribution in [3.63, 3.8) is 0 Å². The summed E-state index contributed by atoms with van der Waals surface area (Å²) in [5, 5.41) is 20.0. The molecule has 2 heterocycles. The number of fused-ring (bicyclic) bond motifs is 1. The summed E-state index contributed by atoms with van der Waals surface area (Å²) in [5.74, 6) is -0.958. The second-order valence-electron chi connectivity index (χ2n) is 8.16. The number of benzene rings is 1. The molecule has 8 nitrogen and oxygen atoms in total. The summed E-state index contributed by atoms with van der Waals surface area (Å²) in [6, 6.07) is 2.40. The first-order valence-corrected chi connectivity index (χ1v) is 10.3. The number of pyridine rings is 1. The topological polar surface area (TPSA) is 118 Å². The fourth-order valence-electron chi connectivity index (χ4n) is 4.59. The Morgan fingerprint density at radius 3 is 2.73 bits per heavy atom. The zero-order chi connectivity index (χ0) is 21.6. The van der Waals surface area contributed by atoms with E-state index in [0.717, 1.165) is 18.9 Å². The van der Waals surface area contributed by atoms with Gasteiger partial charge in [-0.25, -0.2) is 9.18 Å². The van der Waals surface area contributed by atoms with Crippen molar-refractivity contribution in [1.29, 1.82) is 0 Å². The SMILES string of the molecule is CCC1(O)CCCN(c2cc3c(cc2F)c(=O)c(OC(=O)O)cn3C2CC2)C1CN. The summed E-state index contributed by atoms with van der Waals surface area (Å²) in [6.45, 7) is 2.60. The van der Waals surface area contributed by atoms with Gasteiger partial charge in [0.05, 0.1) is 34.4 Å². The van der Waals surface area contributed by atoms with Crippen LogP contribution in [0.3, 0.4) is 0 Å². The summed E-state index contributed by atoms with van der Waals surface area (Å²) < 4.78 is 21.6. The van der Waals surface area contributed by atoms with E-state index in [-0.39, 0.29) is 29.4 Å². The van der Waals surface area contributed by atoms with Crippen LogP contribution in [0.4, 0.5) is 14.9 Å². The molecule has 0 amide bonds. The Balaban J connectivity index is 1.88. The average Bonchev–Trinajstić information content (AvgIpc) is 3.54. The number of nitrogens with zero attached hydrogens (tertiary/aromatic N) is 2. The second kappa shape index (κ2) is 7.55. The third-order valence-electron chi connectivity index (χ3n) is 6.36. The van der Waals surface area contributed by atoms with Crippen LogP contribution in [-0.4, -0.2) is 45.7 Å². The lowest BCUT2D eigenvalue weighted by molar-refractivity contribution is -0.0116. The van der Waals surface area contributed by atoms with Gasteiger partial charge < -0.3 is 30.2 Å². The molecule has 2 aromatic rings. The van der Waals surface area contributed by atoms with Crippen molar-refractivity contribution in [2.75, 3.05) is 18.0 Å². The summed E-state index contributed by atoms with van der Waals surface area (Å²) >= 11 is 0. The molecule has 1 aromatic carbocycles. The fraction of sp³-hybridized carbons (Fsp3) is 0.524. The third-order valence-corrected chi connectivity index (χ3v) is 6.36. The van der Waals surface area contributed by atoms with Crippen LogP contribution in [0.15, 0.2) is 23.1 Å². The monoisotopic (exact) mass is 419 g/mol. The van der Waals surface area contributed by atoms with Gasteiger partial charge in [-0.05, 0) is 44.2 Å². The first-order chi connectivity index (χ1) is 14.3. The first kappa shape index (κ1) is 20.6. The van der Waals surface area contributed by atoms with Crippen molar-refractivity contribution in [2.24, 2.45) is 5.73 Å². The van der Waals surface area contributed by atoms with Crippen LogP contribution in [0, 0.1) is 5.82 Å². The zero-order valence-electron chi connectivity index (χ0n) is 16.8. The minimum atomic E-state index is -1.59. The van der Waals surface area contributed by atoms with Crippen molar-refractivity contribution in [3.05, 3.63) is 34.4 Å². The smallest absolute Gasteiger partial charge is 0.449 e. The van der Waals surface area contributed by atoms with Crippen molar-refractivity contribution in [2.45, 2.75) is 56.7 Å². The van der Waals surface area contributed by atoms with Crippen LogP contribution in [0.1, 0.15) is 45.1 Å². The van der Waals surface area contributed by atoms with Crippen LogP contribution in [-0.2, 0) is 0 Å². The van der Waals surface area contributed by atoms with Crippen LogP contribution in [0.25, 0.3) is 10.9 Å². The molecule has 2 aliphatic rings. The maximum absolute atomic E-state index is 15.2. The van der Waals surface area contributed by atoms with Gasteiger partial charge in [-0.2, -0.15) is 0 Å². The van der Waals surface area contributed by atoms with E-state index in [1.807, 2.05) is 6.92 Å². The average molecular weight is 419 g/mol. The van der Waals surface area contributed by atoms with Gasteiger partial charge in [0.1, 0.15) is 5.82 Å². The minimum Gasteiger partial charge on any atom is -0.449 e. The molecule has 2 atom stereocenters. The fourth-order valence-corrected chi connectivity index (χ4v) is 4.59. The van der Waals surface area contributed by atoms with Gasteiger partial charge in [0, 0.05) is 19.1 Å². The highest BCUT2D eigenvalue weighted by Crippen LogP contribution is 2.40. The van der Waals surface area contributed by atoms with E-state index < -0.39 is 29.0 Å². The Morgan fingerprint density at radius 2 is 2.13 bits per heavy atom. The van der Waals surface area contributed by atoms with Crippen molar-refractivity contribution in [1.82, 2.24) is 4.57 Å². The third kappa shape index (κ3) is 3.41. The molecule has 9 heteroatoms. The summed E-state index contributed by atoms with van der Waals surface area (Å²) in [5.41, 5.74) is 5.08. The lowest BCUT2D eigenvalue weighted by Gasteiger charge is -2.47. The predicted molar refractivity (Wildman–Crippen MR) is 110 cm³/mol. The van der Waals surface area contributed by atoms with Gasteiger partial charge in [0.2, 0.25) is 5.43 Å². The number of halogens is 1. The molecule has 1 aromatic heterocycles. The molecule has 0 bridgehead atoms. The van der Waals surface area contributed by atoms with Gasteiger partial charge >= 0.3 is 6.16 Å². The number of rotatable bonds is 5. The lowest BCUT2D eigenvalue weighted by Crippen LogP contribution is -2.60. The number of hydrogen-bond donors (Lipinski definition) is 3. The molecular formula is C21H26FN3O5. The molecule has 2 fully saturated rings. The van der Waals surface area contributed by atoms with Gasteiger partial charge in [0.15, 0.2) is 5.75 Å². The van der Waals surface area contributed by atoms with Crippen LogP contribution >= 0.6 is 0 Å². The van der Waals surface area contributed by atoms with Gasteiger partial charge in [-0.3, -0.25) is 4.79 Å². The van der Waals surface area contributed by atoms with Gasteiger partial charge in [0.25, 0.3) is 0 Å². The van der Waals surface area contributed by atoms with Crippen molar-refractivity contribution in [3.8, 4) is 5.75 Å². The number of aliphatic hydroxyl groups is 1. The van der Waals surface area contributed by atoms with Crippen molar-refractivity contribution >= 4 is 22.7 Å². The number of piperidine rings is 1. The highest BCUT2D eigenvalue weighted by Gasteiger charge is 2.42. The Morgan fingerprint density at radius 1 is 1.40 bits per heavy atom. The molecule has 0 spiro atoms. The second-order valence-corrected chi connectivity index (χ2v) is 8.16. The first-order valence-electron chi connectivity index (χ1n) is 10.3. The number of carbonyl (C=O) groups is 1. The van der Waals surface area contributed by atoms with E-state index in [1.165, 1.54) is 6.20 Å². The number of aromatic nitrogens is 1. The number of hydrogen-bond acceptors (Lipinski definition) is 6. The summed E-state index contributed by atoms with van der Waals surface area (Å²) in [7, 11) is 0. The molecule has 4 rings (SSSR count).